The van der Waals surface area contributed by atoms with Gasteiger partial charge in [0, 0.05) is 30.1 Å². The molecular formula is C23H22N2S. The van der Waals surface area contributed by atoms with Crippen molar-refractivity contribution < 1.29 is 0 Å². The summed E-state index contributed by atoms with van der Waals surface area (Å²) in [7, 11) is 0. The molecule has 0 saturated heterocycles. The molecule has 3 heteroatoms. The average molecular weight is 359 g/mol. The van der Waals surface area contributed by atoms with Crippen LogP contribution in [0, 0.1) is 0 Å². The van der Waals surface area contributed by atoms with Crippen LogP contribution in [-0.2, 0) is 19.4 Å². The van der Waals surface area contributed by atoms with Crippen molar-refractivity contribution in [2.75, 3.05) is 11.4 Å². The van der Waals surface area contributed by atoms with Gasteiger partial charge in [-0.1, -0.05) is 61.5 Å². The van der Waals surface area contributed by atoms with Crippen LogP contribution in [0.4, 0.5) is 5.13 Å². The van der Waals surface area contributed by atoms with Crippen molar-refractivity contribution in [1.82, 2.24) is 4.98 Å². The molecule has 1 unspecified atom stereocenters. The standard InChI is InChI=1S/C23H22N2S/c1-16(20-11-10-18-7-4-5-9-21(18)20)22-14-24-23(26-22)25-13-12-17-6-2-3-8-19(17)15-25/h2-9,11,14,16H,10,12-13,15H2,1H3. The highest BCUT2D eigenvalue weighted by molar-refractivity contribution is 7.15. The van der Waals surface area contributed by atoms with E-state index in [2.05, 4.69) is 72.6 Å². The maximum absolute atomic E-state index is 4.78. The van der Waals surface area contributed by atoms with Crippen LogP contribution in [0.3, 0.4) is 0 Å². The monoisotopic (exact) mass is 358 g/mol. The van der Waals surface area contributed by atoms with Crippen molar-refractivity contribution in [3.63, 3.8) is 0 Å². The lowest BCUT2D eigenvalue weighted by atomic mass is 9.94. The number of hydrogen-bond acceptors (Lipinski definition) is 3. The Kier molecular flexibility index (Phi) is 3.90. The summed E-state index contributed by atoms with van der Waals surface area (Å²) in [5, 5.41) is 1.16. The van der Waals surface area contributed by atoms with Crippen LogP contribution < -0.4 is 4.90 Å². The highest BCUT2D eigenvalue weighted by Gasteiger charge is 2.24. The van der Waals surface area contributed by atoms with Gasteiger partial charge in [0.1, 0.15) is 0 Å². The quantitative estimate of drug-likeness (QED) is 0.619. The molecule has 130 valence electrons. The molecule has 0 saturated carbocycles. The van der Waals surface area contributed by atoms with E-state index in [1.165, 1.54) is 32.7 Å². The first-order valence-corrected chi connectivity index (χ1v) is 10.2. The summed E-state index contributed by atoms with van der Waals surface area (Å²) in [5.74, 6) is 0.405. The number of fused-ring (bicyclic) bond motifs is 2. The Morgan fingerprint density at radius 2 is 1.77 bits per heavy atom. The minimum atomic E-state index is 0.405. The molecule has 1 atom stereocenters. The lowest BCUT2D eigenvalue weighted by Crippen LogP contribution is -2.30. The van der Waals surface area contributed by atoms with Gasteiger partial charge in [-0.05, 0) is 40.7 Å². The summed E-state index contributed by atoms with van der Waals surface area (Å²) >= 11 is 1.86. The number of aromatic nitrogens is 1. The Labute approximate surface area is 158 Å². The van der Waals surface area contributed by atoms with E-state index in [1.54, 1.807) is 0 Å². The van der Waals surface area contributed by atoms with Gasteiger partial charge in [-0.15, -0.1) is 11.3 Å². The minimum Gasteiger partial charge on any atom is -0.343 e. The fourth-order valence-corrected chi connectivity index (χ4v) is 5.17. The van der Waals surface area contributed by atoms with Gasteiger partial charge in [0.2, 0.25) is 0 Å². The normalized spacial score (nSPS) is 16.8. The first-order chi connectivity index (χ1) is 12.8. The van der Waals surface area contributed by atoms with Gasteiger partial charge in [0.25, 0.3) is 0 Å². The lowest BCUT2D eigenvalue weighted by molar-refractivity contribution is 0.729. The van der Waals surface area contributed by atoms with Crippen molar-refractivity contribution in [2.45, 2.75) is 32.2 Å². The summed E-state index contributed by atoms with van der Waals surface area (Å²) in [6.07, 6.45) is 6.66. The zero-order chi connectivity index (χ0) is 17.5. The molecule has 0 spiro atoms. The maximum atomic E-state index is 4.78. The van der Waals surface area contributed by atoms with Crippen LogP contribution in [-0.4, -0.2) is 11.5 Å². The van der Waals surface area contributed by atoms with Gasteiger partial charge in [-0.2, -0.15) is 0 Å². The van der Waals surface area contributed by atoms with Crippen LogP contribution in [0.15, 0.2) is 60.8 Å². The Bertz CT molecular complexity index is 985. The second kappa shape index (κ2) is 6.40. The zero-order valence-corrected chi connectivity index (χ0v) is 15.8. The van der Waals surface area contributed by atoms with Crippen LogP contribution in [0.2, 0.25) is 0 Å². The summed E-state index contributed by atoms with van der Waals surface area (Å²) in [5.41, 5.74) is 7.26. The smallest absolute Gasteiger partial charge is 0.185 e. The third kappa shape index (κ3) is 2.67. The Morgan fingerprint density at radius 3 is 2.65 bits per heavy atom. The van der Waals surface area contributed by atoms with E-state index in [1.807, 2.05) is 11.3 Å². The SMILES string of the molecule is CC(C1=CCc2ccccc21)c1cnc(N2CCc3ccccc3C2)s1. The number of anilines is 1. The number of nitrogens with zero attached hydrogens (tertiary/aromatic N) is 2. The molecule has 3 aromatic rings. The van der Waals surface area contributed by atoms with Crippen molar-refractivity contribution in [3.8, 4) is 0 Å². The molecule has 26 heavy (non-hydrogen) atoms. The number of thiazole rings is 1. The maximum Gasteiger partial charge on any atom is 0.185 e. The topological polar surface area (TPSA) is 16.1 Å². The fourth-order valence-electron chi connectivity index (χ4n) is 4.16. The molecule has 0 radical (unpaired) electrons. The molecule has 0 fully saturated rings. The first kappa shape index (κ1) is 15.8. The van der Waals surface area contributed by atoms with Gasteiger partial charge in [0.05, 0.1) is 0 Å². The molecule has 2 aromatic carbocycles. The van der Waals surface area contributed by atoms with E-state index in [4.69, 9.17) is 4.98 Å². The third-order valence-corrected chi connectivity index (χ3v) is 6.92. The van der Waals surface area contributed by atoms with Gasteiger partial charge >= 0.3 is 0 Å². The molecule has 2 heterocycles. The summed E-state index contributed by atoms with van der Waals surface area (Å²) in [6, 6.07) is 17.6. The lowest BCUT2D eigenvalue weighted by Gasteiger charge is -2.28. The predicted molar refractivity (Wildman–Crippen MR) is 110 cm³/mol. The van der Waals surface area contributed by atoms with Gasteiger partial charge in [0.15, 0.2) is 5.13 Å². The zero-order valence-electron chi connectivity index (χ0n) is 15.0. The van der Waals surface area contributed by atoms with Crippen LogP contribution >= 0.6 is 11.3 Å². The number of rotatable bonds is 3. The number of allylic oxidation sites excluding steroid dienone is 2. The predicted octanol–water partition coefficient (Wildman–Crippen LogP) is 5.45. The van der Waals surface area contributed by atoms with E-state index < -0.39 is 0 Å². The average Bonchev–Trinajstić information content (AvgIpc) is 3.34. The molecule has 1 aliphatic heterocycles. The molecular weight excluding hydrogens is 336 g/mol. The third-order valence-electron chi connectivity index (χ3n) is 5.68. The summed E-state index contributed by atoms with van der Waals surface area (Å²) in [4.78, 5) is 8.57. The highest BCUT2D eigenvalue weighted by atomic mass is 32.1. The van der Waals surface area contributed by atoms with Crippen LogP contribution in [0.25, 0.3) is 5.57 Å². The van der Waals surface area contributed by atoms with Crippen molar-refractivity contribution in [2.24, 2.45) is 0 Å². The molecule has 0 N–H and O–H groups in total. The van der Waals surface area contributed by atoms with Crippen LogP contribution in [0.1, 0.15) is 40.0 Å². The highest BCUT2D eigenvalue weighted by Crippen LogP contribution is 2.41. The molecule has 1 aliphatic carbocycles. The molecule has 2 nitrogen and oxygen atoms in total. The van der Waals surface area contributed by atoms with Crippen LogP contribution in [0.5, 0.6) is 0 Å². The summed E-state index contributed by atoms with van der Waals surface area (Å²) < 4.78 is 0. The van der Waals surface area contributed by atoms with E-state index in [-0.39, 0.29) is 0 Å². The summed E-state index contributed by atoms with van der Waals surface area (Å²) in [6.45, 7) is 4.35. The molecule has 1 aromatic heterocycles. The van der Waals surface area contributed by atoms with E-state index in [9.17, 15) is 0 Å². The largest absolute Gasteiger partial charge is 0.343 e. The Hall–Kier alpha value is -2.39. The van der Waals surface area contributed by atoms with E-state index in [0.29, 0.717) is 5.92 Å². The van der Waals surface area contributed by atoms with Crippen molar-refractivity contribution in [3.05, 3.63) is 87.9 Å². The van der Waals surface area contributed by atoms with E-state index in [0.717, 1.165) is 31.1 Å². The number of hydrogen-bond donors (Lipinski definition) is 0. The Balaban J connectivity index is 1.38. The van der Waals surface area contributed by atoms with E-state index >= 15 is 0 Å². The second-order valence-electron chi connectivity index (χ2n) is 7.23. The number of benzene rings is 2. The fraction of sp³-hybridized carbons (Fsp3) is 0.261. The molecule has 0 bridgehead atoms. The van der Waals surface area contributed by atoms with Crippen molar-refractivity contribution >= 4 is 22.0 Å². The van der Waals surface area contributed by atoms with Gasteiger partial charge in [-0.25, -0.2) is 4.98 Å². The minimum absolute atomic E-state index is 0.405. The molecule has 5 rings (SSSR count). The van der Waals surface area contributed by atoms with Crippen molar-refractivity contribution in [1.29, 1.82) is 0 Å². The van der Waals surface area contributed by atoms with Gasteiger partial charge < -0.3 is 4.90 Å². The molecule has 0 amide bonds. The second-order valence-corrected chi connectivity index (χ2v) is 8.27. The first-order valence-electron chi connectivity index (χ1n) is 9.35. The molecule has 2 aliphatic rings. The van der Waals surface area contributed by atoms with Gasteiger partial charge in [-0.3, -0.25) is 0 Å². The Morgan fingerprint density at radius 1 is 1.00 bits per heavy atom.